The predicted octanol–water partition coefficient (Wildman–Crippen LogP) is 2.16. The minimum Gasteiger partial charge on any atom is -0.497 e. The molecule has 0 spiro atoms. The molecule has 1 unspecified atom stereocenters. The molecule has 2 N–H and O–H groups in total. The van der Waals surface area contributed by atoms with Gasteiger partial charge in [0.25, 0.3) is 0 Å². The van der Waals surface area contributed by atoms with E-state index in [0.29, 0.717) is 6.42 Å². The fourth-order valence-corrected chi connectivity index (χ4v) is 1.76. The van der Waals surface area contributed by atoms with Gasteiger partial charge in [0.1, 0.15) is 11.5 Å². The average molecular weight is 246 g/mol. The molecule has 1 aromatic carbocycles. The monoisotopic (exact) mass is 246 g/mol. The number of hydrogen-bond donors (Lipinski definition) is 1. The third-order valence-electron chi connectivity index (χ3n) is 2.64. The Labute approximate surface area is 107 Å². The highest BCUT2D eigenvalue weighted by atomic mass is 16.5. The van der Waals surface area contributed by atoms with Crippen LogP contribution < -0.4 is 10.5 Å². The number of rotatable bonds is 5. The summed E-state index contributed by atoms with van der Waals surface area (Å²) in [6.07, 6.45) is 3.15. The Bertz CT molecular complexity index is 489. The molecule has 0 bridgehead atoms. The van der Waals surface area contributed by atoms with Gasteiger partial charge in [0.15, 0.2) is 5.89 Å². The van der Waals surface area contributed by atoms with Gasteiger partial charge in [-0.3, -0.25) is 0 Å². The van der Waals surface area contributed by atoms with Crippen LogP contribution in [0.25, 0.3) is 0 Å². The van der Waals surface area contributed by atoms with Crippen LogP contribution in [-0.2, 0) is 12.8 Å². The fraction of sp³-hybridized carbons (Fsp3) is 0.357. The van der Waals surface area contributed by atoms with Gasteiger partial charge in [-0.05, 0) is 24.6 Å². The summed E-state index contributed by atoms with van der Waals surface area (Å²) in [5.41, 5.74) is 6.86. The maximum absolute atomic E-state index is 5.72. The molecule has 0 aliphatic carbocycles. The standard InChI is InChI=1S/C14H18N2O2/c1-10(15)7-13-9-16-14(18-13)8-11-3-5-12(17-2)6-4-11/h3-6,9-10H,7-8,15H2,1-2H3. The van der Waals surface area contributed by atoms with Gasteiger partial charge < -0.3 is 14.9 Å². The van der Waals surface area contributed by atoms with Crippen LogP contribution in [0.4, 0.5) is 0 Å². The highest BCUT2D eigenvalue weighted by Crippen LogP contribution is 2.15. The Balaban J connectivity index is 2.01. The first-order chi connectivity index (χ1) is 8.67. The van der Waals surface area contributed by atoms with E-state index in [1.165, 1.54) is 0 Å². The van der Waals surface area contributed by atoms with Crippen LogP contribution in [0.2, 0.25) is 0 Å². The van der Waals surface area contributed by atoms with Crippen LogP contribution >= 0.6 is 0 Å². The largest absolute Gasteiger partial charge is 0.497 e. The number of oxazole rings is 1. The number of methoxy groups -OCH3 is 1. The van der Waals surface area contributed by atoms with Gasteiger partial charge in [0, 0.05) is 18.9 Å². The van der Waals surface area contributed by atoms with Crippen LogP contribution in [0.15, 0.2) is 34.9 Å². The number of aromatic nitrogens is 1. The Morgan fingerprint density at radius 1 is 1.33 bits per heavy atom. The Morgan fingerprint density at radius 3 is 2.67 bits per heavy atom. The van der Waals surface area contributed by atoms with E-state index >= 15 is 0 Å². The second-order valence-electron chi connectivity index (χ2n) is 4.43. The molecular formula is C14H18N2O2. The molecule has 1 aromatic heterocycles. The van der Waals surface area contributed by atoms with Crippen molar-refractivity contribution in [3.8, 4) is 5.75 Å². The summed E-state index contributed by atoms with van der Waals surface area (Å²) in [4.78, 5) is 4.25. The molecule has 0 radical (unpaired) electrons. The van der Waals surface area contributed by atoms with E-state index in [-0.39, 0.29) is 6.04 Å². The molecular weight excluding hydrogens is 228 g/mol. The van der Waals surface area contributed by atoms with E-state index < -0.39 is 0 Å². The van der Waals surface area contributed by atoms with Gasteiger partial charge in [-0.1, -0.05) is 12.1 Å². The van der Waals surface area contributed by atoms with Crippen LogP contribution in [0.3, 0.4) is 0 Å². The lowest BCUT2D eigenvalue weighted by molar-refractivity contribution is 0.414. The lowest BCUT2D eigenvalue weighted by atomic mass is 10.1. The molecule has 0 aliphatic rings. The molecule has 96 valence electrons. The van der Waals surface area contributed by atoms with E-state index in [1.54, 1.807) is 13.3 Å². The third-order valence-corrected chi connectivity index (χ3v) is 2.64. The van der Waals surface area contributed by atoms with E-state index in [9.17, 15) is 0 Å². The highest BCUT2D eigenvalue weighted by Gasteiger charge is 2.07. The van der Waals surface area contributed by atoms with Crippen LogP contribution in [0.1, 0.15) is 24.1 Å². The molecule has 1 atom stereocenters. The van der Waals surface area contributed by atoms with Crippen molar-refractivity contribution >= 4 is 0 Å². The smallest absolute Gasteiger partial charge is 0.198 e. The first-order valence-corrected chi connectivity index (χ1v) is 5.99. The number of ether oxygens (including phenoxy) is 1. The molecule has 0 saturated heterocycles. The lowest BCUT2D eigenvalue weighted by Gasteiger charge is -2.01. The summed E-state index contributed by atoms with van der Waals surface area (Å²) in [6.45, 7) is 1.95. The minimum absolute atomic E-state index is 0.0896. The first kappa shape index (κ1) is 12.6. The van der Waals surface area contributed by atoms with Crippen molar-refractivity contribution in [2.45, 2.75) is 25.8 Å². The normalized spacial score (nSPS) is 12.4. The van der Waals surface area contributed by atoms with Crippen molar-refractivity contribution in [2.24, 2.45) is 5.73 Å². The summed E-state index contributed by atoms with van der Waals surface area (Å²) in [5.74, 6) is 2.41. The quantitative estimate of drug-likeness (QED) is 0.878. The molecule has 1 heterocycles. The van der Waals surface area contributed by atoms with Crippen LogP contribution in [0.5, 0.6) is 5.75 Å². The summed E-state index contributed by atoms with van der Waals surface area (Å²) < 4.78 is 10.7. The average Bonchev–Trinajstić information content (AvgIpc) is 2.76. The van der Waals surface area contributed by atoms with Gasteiger partial charge in [-0.25, -0.2) is 4.98 Å². The van der Waals surface area contributed by atoms with Crippen molar-refractivity contribution < 1.29 is 9.15 Å². The Hall–Kier alpha value is -1.81. The zero-order chi connectivity index (χ0) is 13.0. The van der Waals surface area contributed by atoms with Crippen molar-refractivity contribution in [1.29, 1.82) is 0 Å². The number of benzene rings is 1. The topological polar surface area (TPSA) is 61.3 Å². The van der Waals surface area contributed by atoms with Crippen molar-refractivity contribution in [3.63, 3.8) is 0 Å². The summed E-state index contributed by atoms with van der Waals surface area (Å²) in [7, 11) is 1.66. The van der Waals surface area contributed by atoms with Crippen molar-refractivity contribution in [2.75, 3.05) is 7.11 Å². The molecule has 2 aromatic rings. The highest BCUT2D eigenvalue weighted by molar-refractivity contribution is 5.28. The van der Waals surface area contributed by atoms with E-state index in [4.69, 9.17) is 14.9 Å². The van der Waals surface area contributed by atoms with Gasteiger partial charge in [-0.15, -0.1) is 0 Å². The van der Waals surface area contributed by atoms with Crippen LogP contribution in [0, 0.1) is 0 Å². The molecule has 0 aliphatic heterocycles. The number of nitrogens with zero attached hydrogens (tertiary/aromatic N) is 1. The SMILES string of the molecule is COc1ccc(Cc2ncc(CC(C)N)o2)cc1. The van der Waals surface area contributed by atoms with E-state index in [1.807, 2.05) is 31.2 Å². The molecule has 0 fully saturated rings. The lowest BCUT2D eigenvalue weighted by Crippen LogP contribution is -2.17. The summed E-state index contributed by atoms with van der Waals surface area (Å²) in [5, 5.41) is 0. The molecule has 18 heavy (non-hydrogen) atoms. The second kappa shape index (κ2) is 5.69. The molecule has 2 rings (SSSR count). The predicted molar refractivity (Wildman–Crippen MR) is 69.7 cm³/mol. The maximum atomic E-state index is 5.72. The molecule has 0 amide bonds. The third kappa shape index (κ3) is 3.34. The number of hydrogen-bond acceptors (Lipinski definition) is 4. The van der Waals surface area contributed by atoms with Gasteiger partial charge in [-0.2, -0.15) is 0 Å². The van der Waals surface area contributed by atoms with Crippen molar-refractivity contribution in [3.05, 3.63) is 47.7 Å². The van der Waals surface area contributed by atoms with E-state index in [2.05, 4.69) is 4.98 Å². The molecule has 0 saturated carbocycles. The minimum atomic E-state index is 0.0896. The zero-order valence-corrected chi connectivity index (χ0v) is 10.7. The number of nitrogens with two attached hydrogens (primary N) is 1. The Kier molecular flexibility index (Phi) is 3.99. The second-order valence-corrected chi connectivity index (χ2v) is 4.43. The van der Waals surface area contributed by atoms with Crippen molar-refractivity contribution in [1.82, 2.24) is 4.98 Å². The fourth-order valence-electron chi connectivity index (χ4n) is 1.76. The van der Waals surface area contributed by atoms with Crippen LogP contribution in [-0.4, -0.2) is 18.1 Å². The van der Waals surface area contributed by atoms with E-state index in [0.717, 1.165) is 29.4 Å². The Morgan fingerprint density at radius 2 is 2.06 bits per heavy atom. The zero-order valence-electron chi connectivity index (χ0n) is 10.7. The summed E-state index contributed by atoms with van der Waals surface area (Å²) in [6, 6.07) is 7.97. The van der Waals surface area contributed by atoms with Gasteiger partial charge >= 0.3 is 0 Å². The van der Waals surface area contributed by atoms with Gasteiger partial charge in [0.05, 0.1) is 13.3 Å². The van der Waals surface area contributed by atoms with Gasteiger partial charge in [0.2, 0.25) is 0 Å². The maximum Gasteiger partial charge on any atom is 0.198 e. The molecule has 4 heteroatoms. The first-order valence-electron chi connectivity index (χ1n) is 5.99. The summed E-state index contributed by atoms with van der Waals surface area (Å²) >= 11 is 0. The molecule has 4 nitrogen and oxygen atoms in total.